The highest BCUT2D eigenvalue weighted by molar-refractivity contribution is 7.16. The lowest BCUT2D eigenvalue weighted by molar-refractivity contribution is 0.637. The van der Waals surface area contributed by atoms with Gasteiger partial charge in [-0.15, -0.1) is 0 Å². The van der Waals surface area contributed by atoms with E-state index in [0.29, 0.717) is 16.6 Å². The van der Waals surface area contributed by atoms with Crippen LogP contribution in [0, 0.1) is 18.3 Å². The number of nitrogens with one attached hydrogen (secondary N) is 1. The van der Waals surface area contributed by atoms with Crippen LogP contribution in [0.15, 0.2) is 12.4 Å². The number of hydrogen-bond acceptors (Lipinski definition) is 5. The van der Waals surface area contributed by atoms with E-state index in [-0.39, 0.29) is 5.15 Å². The van der Waals surface area contributed by atoms with Crippen LogP contribution in [0.3, 0.4) is 0 Å². The zero-order chi connectivity index (χ0) is 12.3. The minimum Gasteiger partial charge on any atom is -0.360 e. The van der Waals surface area contributed by atoms with Gasteiger partial charge in [-0.05, 0) is 12.5 Å². The smallest absolute Gasteiger partial charge is 0.185 e. The van der Waals surface area contributed by atoms with Crippen molar-refractivity contribution in [2.75, 3.05) is 11.9 Å². The Balaban J connectivity index is 1.88. The number of aryl methyl sites for hydroxylation is 1. The average Bonchev–Trinajstić information content (AvgIpc) is 2.85. The Kier molecular flexibility index (Phi) is 3.61. The molecule has 88 valence electrons. The Morgan fingerprint density at radius 1 is 1.65 bits per heavy atom. The Hall–Kier alpha value is -1.58. The number of hydrogen-bond donors (Lipinski definition) is 1. The molecule has 2 rings (SSSR count). The van der Waals surface area contributed by atoms with Gasteiger partial charge in [0, 0.05) is 12.7 Å². The Morgan fingerprint density at radius 2 is 2.47 bits per heavy atom. The van der Waals surface area contributed by atoms with E-state index in [4.69, 9.17) is 16.9 Å². The van der Waals surface area contributed by atoms with Crippen molar-refractivity contribution in [1.82, 2.24) is 14.8 Å². The normalized spacial score (nSPS) is 10.2. The van der Waals surface area contributed by atoms with E-state index < -0.39 is 0 Å². The molecule has 17 heavy (non-hydrogen) atoms. The molecule has 0 fully saturated rings. The molecule has 2 heterocycles. The first-order valence-electron chi connectivity index (χ1n) is 4.98. The van der Waals surface area contributed by atoms with Gasteiger partial charge >= 0.3 is 0 Å². The second-order valence-electron chi connectivity index (χ2n) is 3.46. The van der Waals surface area contributed by atoms with Gasteiger partial charge in [0.25, 0.3) is 0 Å². The first kappa shape index (κ1) is 11.9. The summed E-state index contributed by atoms with van der Waals surface area (Å²) in [7, 11) is 0. The second-order valence-corrected chi connectivity index (χ2v) is 4.82. The number of nitriles is 1. The lowest BCUT2D eigenvalue weighted by Crippen LogP contribution is -2.10. The third kappa shape index (κ3) is 2.96. The van der Waals surface area contributed by atoms with Crippen LogP contribution < -0.4 is 5.32 Å². The van der Waals surface area contributed by atoms with E-state index in [9.17, 15) is 0 Å². The van der Waals surface area contributed by atoms with Gasteiger partial charge in [0.2, 0.25) is 0 Å². The fourth-order valence-corrected chi connectivity index (χ4v) is 2.29. The zero-order valence-electron chi connectivity index (χ0n) is 9.14. The Bertz CT molecular complexity index is 553. The van der Waals surface area contributed by atoms with E-state index in [1.54, 1.807) is 0 Å². The van der Waals surface area contributed by atoms with Gasteiger partial charge in [-0.25, -0.2) is 4.98 Å². The van der Waals surface area contributed by atoms with Crippen LogP contribution in [0.4, 0.5) is 5.13 Å². The summed E-state index contributed by atoms with van der Waals surface area (Å²) in [5.74, 6) is 0. The third-order valence-electron chi connectivity index (χ3n) is 2.07. The summed E-state index contributed by atoms with van der Waals surface area (Å²) < 4.78 is 1.85. The number of anilines is 1. The molecule has 0 amide bonds. The van der Waals surface area contributed by atoms with Crippen LogP contribution >= 0.6 is 22.9 Å². The van der Waals surface area contributed by atoms with Crippen molar-refractivity contribution < 1.29 is 0 Å². The van der Waals surface area contributed by atoms with Gasteiger partial charge in [-0.2, -0.15) is 10.4 Å². The fourth-order valence-electron chi connectivity index (χ4n) is 1.31. The quantitative estimate of drug-likeness (QED) is 0.923. The molecule has 0 aromatic carbocycles. The standard InChI is InChI=1S/C10H10ClN5S/c1-7-5-14-16(6-7)3-2-13-10-15-9(11)8(4-12)17-10/h5-6H,2-3H2,1H3,(H,13,15). The fraction of sp³-hybridized carbons (Fsp3) is 0.300. The van der Waals surface area contributed by atoms with Crippen LogP contribution in [0.1, 0.15) is 10.4 Å². The van der Waals surface area contributed by atoms with Gasteiger partial charge in [-0.3, -0.25) is 4.68 Å². The van der Waals surface area contributed by atoms with Gasteiger partial charge < -0.3 is 5.32 Å². The molecule has 0 aliphatic heterocycles. The summed E-state index contributed by atoms with van der Waals surface area (Å²) in [6.07, 6.45) is 3.78. The number of aromatic nitrogens is 3. The molecule has 1 N–H and O–H groups in total. The van der Waals surface area contributed by atoms with Crippen molar-refractivity contribution in [3.63, 3.8) is 0 Å². The molecule has 2 aromatic rings. The SMILES string of the molecule is Cc1cnn(CCNc2nc(Cl)c(C#N)s2)c1. The van der Waals surface area contributed by atoms with Crippen molar-refractivity contribution in [3.05, 3.63) is 28.0 Å². The molecule has 0 atom stereocenters. The molecule has 2 aromatic heterocycles. The van der Waals surface area contributed by atoms with Crippen LogP contribution in [0.25, 0.3) is 0 Å². The number of halogens is 1. The van der Waals surface area contributed by atoms with Gasteiger partial charge in [0.1, 0.15) is 10.9 Å². The molecule has 0 unspecified atom stereocenters. The third-order valence-corrected chi connectivity index (χ3v) is 3.37. The van der Waals surface area contributed by atoms with Crippen molar-refractivity contribution in [2.45, 2.75) is 13.5 Å². The largest absolute Gasteiger partial charge is 0.360 e. The van der Waals surface area contributed by atoms with E-state index in [1.165, 1.54) is 11.3 Å². The van der Waals surface area contributed by atoms with Crippen LogP contribution in [-0.2, 0) is 6.54 Å². The van der Waals surface area contributed by atoms with Crippen LogP contribution in [0.5, 0.6) is 0 Å². The van der Waals surface area contributed by atoms with Crippen LogP contribution in [0.2, 0.25) is 5.15 Å². The lowest BCUT2D eigenvalue weighted by Gasteiger charge is -2.02. The molecule has 0 spiro atoms. The highest BCUT2D eigenvalue weighted by atomic mass is 35.5. The zero-order valence-corrected chi connectivity index (χ0v) is 10.7. The summed E-state index contributed by atoms with van der Waals surface area (Å²) in [6, 6.07) is 1.99. The summed E-state index contributed by atoms with van der Waals surface area (Å²) >= 11 is 7.02. The number of thiazole rings is 1. The highest BCUT2D eigenvalue weighted by Crippen LogP contribution is 2.25. The molecule has 0 radical (unpaired) electrons. The molecule has 0 saturated heterocycles. The van der Waals surface area contributed by atoms with Gasteiger partial charge in [0.05, 0.1) is 12.7 Å². The maximum Gasteiger partial charge on any atom is 0.185 e. The summed E-state index contributed by atoms with van der Waals surface area (Å²) in [5, 5.41) is 16.9. The van der Waals surface area contributed by atoms with Crippen molar-refractivity contribution >= 4 is 28.1 Å². The lowest BCUT2D eigenvalue weighted by atomic mass is 10.4. The van der Waals surface area contributed by atoms with E-state index >= 15 is 0 Å². The maximum atomic E-state index is 8.73. The molecule has 7 heteroatoms. The van der Waals surface area contributed by atoms with Crippen LogP contribution in [-0.4, -0.2) is 21.3 Å². The van der Waals surface area contributed by atoms with Crippen molar-refractivity contribution in [2.24, 2.45) is 0 Å². The van der Waals surface area contributed by atoms with Gasteiger partial charge in [0.15, 0.2) is 10.3 Å². The number of nitrogens with zero attached hydrogens (tertiary/aromatic N) is 4. The van der Waals surface area contributed by atoms with E-state index in [1.807, 2.05) is 30.1 Å². The molecule has 0 saturated carbocycles. The molecule has 0 aliphatic carbocycles. The second kappa shape index (κ2) is 5.17. The minimum absolute atomic E-state index is 0.259. The summed E-state index contributed by atoms with van der Waals surface area (Å²) in [6.45, 7) is 3.43. The van der Waals surface area contributed by atoms with Gasteiger partial charge in [-0.1, -0.05) is 22.9 Å². The predicted molar refractivity (Wildman–Crippen MR) is 67.3 cm³/mol. The molecule has 0 aliphatic rings. The topological polar surface area (TPSA) is 66.5 Å². The van der Waals surface area contributed by atoms with Crippen molar-refractivity contribution in [3.8, 4) is 6.07 Å². The Labute approximate surface area is 108 Å². The first-order valence-corrected chi connectivity index (χ1v) is 6.18. The molecule has 0 bridgehead atoms. The van der Waals surface area contributed by atoms with Crippen molar-refractivity contribution in [1.29, 1.82) is 5.26 Å². The summed E-state index contributed by atoms with van der Waals surface area (Å²) in [4.78, 5) is 4.47. The minimum atomic E-state index is 0.259. The maximum absolute atomic E-state index is 8.73. The van der Waals surface area contributed by atoms with E-state index in [0.717, 1.165) is 12.1 Å². The average molecular weight is 268 g/mol. The van der Waals surface area contributed by atoms with E-state index in [2.05, 4.69) is 15.4 Å². The number of rotatable bonds is 4. The molecular weight excluding hydrogens is 258 g/mol. The predicted octanol–water partition coefficient (Wildman–Crippen LogP) is 2.29. The highest BCUT2D eigenvalue weighted by Gasteiger charge is 2.07. The first-order chi connectivity index (χ1) is 8.19. The summed E-state index contributed by atoms with van der Waals surface area (Å²) in [5.41, 5.74) is 1.13. The monoisotopic (exact) mass is 267 g/mol. The molecule has 5 nitrogen and oxygen atoms in total. The Morgan fingerprint density at radius 3 is 3.06 bits per heavy atom. The molecular formula is C10H10ClN5S.